The van der Waals surface area contributed by atoms with Gasteiger partial charge in [0, 0.05) is 22.5 Å². The second-order valence-electron chi connectivity index (χ2n) is 3.55. The Kier molecular flexibility index (Phi) is 4.10. The molecule has 2 rings (SSSR count). The first-order valence-electron chi connectivity index (χ1n) is 5.31. The second-order valence-corrected chi connectivity index (χ2v) is 4.84. The van der Waals surface area contributed by atoms with Crippen molar-refractivity contribution in [3.05, 3.63) is 40.1 Å². The van der Waals surface area contributed by atoms with Gasteiger partial charge in [-0.2, -0.15) is 0 Å². The van der Waals surface area contributed by atoms with Crippen LogP contribution >= 0.6 is 22.9 Å². The molecule has 5 heteroatoms. The molecular formula is C12H12ClFN2S. The SMILES string of the molecule is CCNCc1csc(-c2cc(Cl)ccc2F)n1. The zero-order valence-corrected chi connectivity index (χ0v) is 10.9. The zero-order valence-electron chi connectivity index (χ0n) is 9.34. The van der Waals surface area contributed by atoms with Gasteiger partial charge in [-0.25, -0.2) is 9.37 Å². The minimum Gasteiger partial charge on any atom is -0.311 e. The average molecular weight is 271 g/mol. The lowest BCUT2D eigenvalue weighted by molar-refractivity contribution is 0.631. The molecular weight excluding hydrogens is 259 g/mol. The van der Waals surface area contributed by atoms with Crippen LogP contribution in [0.3, 0.4) is 0 Å². The van der Waals surface area contributed by atoms with Crippen molar-refractivity contribution in [2.45, 2.75) is 13.5 Å². The fraction of sp³-hybridized carbons (Fsp3) is 0.250. The molecule has 0 amide bonds. The molecule has 0 saturated carbocycles. The Hall–Kier alpha value is -0.970. The number of halogens is 2. The first kappa shape index (κ1) is 12.5. The monoisotopic (exact) mass is 270 g/mol. The number of hydrogen-bond donors (Lipinski definition) is 1. The number of aromatic nitrogens is 1. The van der Waals surface area contributed by atoms with Crippen LogP contribution in [0, 0.1) is 5.82 Å². The van der Waals surface area contributed by atoms with E-state index in [1.54, 1.807) is 6.07 Å². The largest absolute Gasteiger partial charge is 0.311 e. The Labute approximate surface area is 108 Å². The Bertz CT molecular complexity index is 513. The van der Waals surface area contributed by atoms with Crippen molar-refractivity contribution in [2.24, 2.45) is 0 Å². The van der Waals surface area contributed by atoms with Gasteiger partial charge < -0.3 is 5.32 Å². The molecule has 1 N–H and O–H groups in total. The molecule has 1 heterocycles. The minimum absolute atomic E-state index is 0.293. The Morgan fingerprint density at radius 1 is 1.47 bits per heavy atom. The van der Waals surface area contributed by atoms with E-state index in [0.29, 0.717) is 22.1 Å². The number of rotatable bonds is 4. The van der Waals surface area contributed by atoms with Gasteiger partial charge in [-0.05, 0) is 24.7 Å². The van der Waals surface area contributed by atoms with E-state index in [-0.39, 0.29) is 5.82 Å². The quantitative estimate of drug-likeness (QED) is 0.916. The molecule has 1 aromatic heterocycles. The Morgan fingerprint density at radius 3 is 3.06 bits per heavy atom. The first-order valence-corrected chi connectivity index (χ1v) is 6.57. The molecule has 0 radical (unpaired) electrons. The van der Waals surface area contributed by atoms with Crippen LogP contribution in [0.5, 0.6) is 0 Å². The second kappa shape index (κ2) is 5.58. The highest BCUT2D eigenvalue weighted by Gasteiger charge is 2.10. The summed E-state index contributed by atoms with van der Waals surface area (Å²) in [4.78, 5) is 4.38. The normalized spacial score (nSPS) is 10.8. The maximum Gasteiger partial charge on any atom is 0.133 e. The van der Waals surface area contributed by atoms with Crippen molar-refractivity contribution in [1.29, 1.82) is 0 Å². The lowest BCUT2D eigenvalue weighted by atomic mass is 10.2. The molecule has 17 heavy (non-hydrogen) atoms. The fourth-order valence-electron chi connectivity index (χ4n) is 1.43. The van der Waals surface area contributed by atoms with Crippen LogP contribution in [-0.2, 0) is 6.54 Å². The van der Waals surface area contributed by atoms with E-state index >= 15 is 0 Å². The molecule has 0 aliphatic carbocycles. The molecule has 2 nitrogen and oxygen atoms in total. The van der Waals surface area contributed by atoms with Crippen LogP contribution in [0.2, 0.25) is 5.02 Å². The lowest BCUT2D eigenvalue weighted by Crippen LogP contribution is -2.11. The first-order chi connectivity index (χ1) is 8.20. The fourth-order valence-corrected chi connectivity index (χ4v) is 2.44. The molecule has 0 bridgehead atoms. The summed E-state index contributed by atoms with van der Waals surface area (Å²) in [6.07, 6.45) is 0. The zero-order chi connectivity index (χ0) is 12.3. The number of nitrogens with zero attached hydrogens (tertiary/aromatic N) is 1. The van der Waals surface area contributed by atoms with Crippen molar-refractivity contribution >= 4 is 22.9 Å². The number of hydrogen-bond acceptors (Lipinski definition) is 3. The molecule has 0 saturated heterocycles. The maximum atomic E-state index is 13.6. The van der Waals surface area contributed by atoms with Gasteiger partial charge in [0.25, 0.3) is 0 Å². The third kappa shape index (κ3) is 3.03. The smallest absolute Gasteiger partial charge is 0.133 e. The molecule has 0 fully saturated rings. The van der Waals surface area contributed by atoms with Gasteiger partial charge in [0.1, 0.15) is 10.8 Å². The molecule has 0 aliphatic heterocycles. The summed E-state index contributed by atoms with van der Waals surface area (Å²) < 4.78 is 13.6. The number of nitrogens with one attached hydrogen (secondary N) is 1. The summed E-state index contributed by atoms with van der Waals surface area (Å²) in [6, 6.07) is 4.50. The summed E-state index contributed by atoms with van der Waals surface area (Å²) in [5, 5.41) is 6.29. The van der Waals surface area contributed by atoms with E-state index in [1.165, 1.54) is 23.5 Å². The van der Waals surface area contributed by atoms with Crippen molar-refractivity contribution in [1.82, 2.24) is 10.3 Å². The van der Waals surface area contributed by atoms with E-state index in [2.05, 4.69) is 10.3 Å². The average Bonchev–Trinajstić information content (AvgIpc) is 2.78. The third-order valence-electron chi connectivity index (χ3n) is 2.27. The van der Waals surface area contributed by atoms with Crippen LogP contribution in [0.25, 0.3) is 10.6 Å². The molecule has 0 atom stereocenters. The van der Waals surface area contributed by atoms with E-state index in [4.69, 9.17) is 11.6 Å². The van der Waals surface area contributed by atoms with E-state index in [9.17, 15) is 4.39 Å². The molecule has 1 aromatic carbocycles. The van der Waals surface area contributed by atoms with Crippen molar-refractivity contribution in [3.8, 4) is 10.6 Å². The van der Waals surface area contributed by atoms with Gasteiger partial charge in [0.2, 0.25) is 0 Å². The summed E-state index contributed by atoms with van der Waals surface area (Å²) in [5.74, 6) is -0.293. The van der Waals surface area contributed by atoms with Gasteiger partial charge >= 0.3 is 0 Å². The topological polar surface area (TPSA) is 24.9 Å². The Balaban J connectivity index is 2.27. The lowest BCUT2D eigenvalue weighted by Gasteiger charge is -2.00. The molecule has 2 aromatic rings. The summed E-state index contributed by atoms with van der Waals surface area (Å²) in [6.45, 7) is 3.62. The van der Waals surface area contributed by atoms with Gasteiger partial charge in [-0.1, -0.05) is 18.5 Å². The van der Waals surface area contributed by atoms with Gasteiger partial charge in [0.05, 0.1) is 5.69 Å². The van der Waals surface area contributed by atoms with Gasteiger partial charge in [0.15, 0.2) is 0 Å². The highest BCUT2D eigenvalue weighted by molar-refractivity contribution is 7.13. The predicted octanol–water partition coefficient (Wildman–Crippen LogP) is 3.71. The van der Waals surface area contributed by atoms with Crippen molar-refractivity contribution in [3.63, 3.8) is 0 Å². The van der Waals surface area contributed by atoms with Gasteiger partial charge in [-0.3, -0.25) is 0 Å². The molecule has 90 valence electrons. The van der Waals surface area contributed by atoms with Crippen LogP contribution in [-0.4, -0.2) is 11.5 Å². The molecule has 0 spiro atoms. The molecule has 0 unspecified atom stereocenters. The minimum atomic E-state index is -0.293. The van der Waals surface area contributed by atoms with E-state index in [1.807, 2.05) is 12.3 Å². The summed E-state index contributed by atoms with van der Waals surface area (Å²) >= 11 is 7.28. The van der Waals surface area contributed by atoms with E-state index in [0.717, 1.165) is 12.2 Å². The number of thiazole rings is 1. The highest BCUT2D eigenvalue weighted by Crippen LogP contribution is 2.28. The Morgan fingerprint density at radius 2 is 2.29 bits per heavy atom. The standard InChI is InChI=1S/C12H12ClFN2S/c1-2-15-6-9-7-17-12(16-9)10-5-8(13)3-4-11(10)14/h3-5,7,15H,2,6H2,1H3. The van der Waals surface area contributed by atoms with Crippen LogP contribution in [0.4, 0.5) is 4.39 Å². The molecule has 0 aliphatic rings. The number of benzene rings is 1. The van der Waals surface area contributed by atoms with Crippen LogP contribution < -0.4 is 5.32 Å². The van der Waals surface area contributed by atoms with Crippen molar-refractivity contribution < 1.29 is 4.39 Å². The maximum absolute atomic E-state index is 13.6. The highest BCUT2D eigenvalue weighted by atomic mass is 35.5. The van der Waals surface area contributed by atoms with Crippen molar-refractivity contribution in [2.75, 3.05) is 6.54 Å². The third-order valence-corrected chi connectivity index (χ3v) is 3.43. The van der Waals surface area contributed by atoms with E-state index < -0.39 is 0 Å². The predicted molar refractivity (Wildman–Crippen MR) is 69.9 cm³/mol. The van der Waals surface area contributed by atoms with Crippen LogP contribution in [0.1, 0.15) is 12.6 Å². The summed E-state index contributed by atoms with van der Waals surface area (Å²) in [5.41, 5.74) is 1.39. The summed E-state index contributed by atoms with van der Waals surface area (Å²) in [7, 11) is 0. The van der Waals surface area contributed by atoms with Gasteiger partial charge in [-0.15, -0.1) is 11.3 Å². The van der Waals surface area contributed by atoms with Crippen LogP contribution in [0.15, 0.2) is 23.6 Å².